The predicted octanol–water partition coefficient (Wildman–Crippen LogP) is 2.52. The fraction of sp³-hybridized carbons (Fsp3) is 0.867. The monoisotopic (exact) mass is 279 g/mol. The van der Waals surface area contributed by atoms with Gasteiger partial charge in [0.25, 0.3) is 0 Å². The van der Waals surface area contributed by atoms with E-state index in [1.165, 1.54) is 19.3 Å². The van der Waals surface area contributed by atoms with Crippen molar-refractivity contribution in [2.75, 3.05) is 20.2 Å². The van der Waals surface area contributed by atoms with E-state index in [1.807, 2.05) is 0 Å². The number of ether oxygens (including phenoxy) is 1. The molecule has 1 unspecified atom stereocenters. The van der Waals surface area contributed by atoms with Crippen LogP contribution < -0.4 is 5.32 Å². The summed E-state index contributed by atoms with van der Waals surface area (Å²) in [7, 11) is 1.76. The first-order valence-corrected chi connectivity index (χ1v) is 7.85. The average Bonchev–Trinajstić information content (AvgIpc) is 3.17. The topological polar surface area (TPSA) is 60.2 Å². The molecule has 0 bridgehead atoms. The van der Waals surface area contributed by atoms with Crippen LogP contribution in [0, 0.1) is 0 Å². The van der Waals surface area contributed by atoms with Crippen molar-refractivity contribution in [3.8, 4) is 0 Å². The Kier molecular flexibility index (Phi) is 3.82. The van der Waals surface area contributed by atoms with Gasteiger partial charge in [-0.3, -0.25) is 0 Å². The second-order valence-electron chi connectivity index (χ2n) is 6.24. The molecule has 0 spiro atoms. The van der Waals surface area contributed by atoms with Crippen molar-refractivity contribution < 1.29 is 9.26 Å². The quantitative estimate of drug-likeness (QED) is 0.917. The van der Waals surface area contributed by atoms with Crippen molar-refractivity contribution in [3.63, 3.8) is 0 Å². The molecule has 20 heavy (non-hydrogen) atoms. The lowest BCUT2D eigenvalue weighted by Gasteiger charge is -2.33. The molecule has 2 heterocycles. The fourth-order valence-electron chi connectivity index (χ4n) is 3.69. The van der Waals surface area contributed by atoms with Gasteiger partial charge in [0.15, 0.2) is 0 Å². The van der Waals surface area contributed by atoms with Crippen LogP contribution in [0.25, 0.3) is 0 Å². The van der Waals surface area contributed by atoms with Crippen molar-refractivity contribution >= 4 is 0 Å². The number of rotatable bonds is 4. The lowest BCUT2D eigenvalue weighted by Crippen LogP contribution is -2.43. The third-order valence-corrected chi connectivity index (χ3v) is 5.24. The summed E-state index contributed by atoms with van der Waals surface area (Å²) in [5, 5.41) is 7.74. The molecule has 0 aromatic carbocycles. The highest BCUT2D eigenvalue weighted by molar-refractivity contribution is 5.12. The number of nitrogens with zero attached hydrogens (tertiary/aromatic N) is 2. The summed E-state index contributed by atoms with van der Waals surface area (Å²) >= 11 is 0. The minimum atomic E-state index is -0.307. The van der Waals surface area contributed by atoms with Crippen LogP contribution >= 0.6 is 0 Å². The molecule has 1 N–H and O–H groups in total. The average molecular weight is 279 g/mol. The second kappa shape index (κ2) is 5.45. The Bertz CT molecular complexity index is 446. The molecule has 1 aromatic rings. The lowest BCUT2D eigenvalue weighted by molar-refractivity contribution is -0.0178. The number of aromatic nitrogens is 2. The van der Waals surface area contributed by atoms with Crippen LogP contribution in [0.15, 0.2) is 4.52 Å². The first kappa shape index (κ1) is 14.0. The molecule has 112 valence electrons. The molecule has 3 rings (SSSR count). The molecular weight excluding hydrogens is 254 g/mol. The normalized spacial score (nSPS) is 29.7. The molecule has 1 aliphatic carbocycles. The second-order valence-corrected chi connectivity index (χ2v) is 6.24. The van der Waals surface area contributed by atoms with Gasteiger partial charge < -0.3 is 14.6 Å². The molecule has 1 saturated carbocycles. The van der Waals surface area contributed by atoms with Gasteiger partial charge in [0, 0.05) is 13.7 Å². The van der Waals surface area contributed by atoms with Crippen LogP contribution in [0.1, 0.15) is 63.6 Å². The van der Waals surface area contributed by atoms with Crippen molar-refractivity contribution in [2.45, 2.75) is 62.9 Å². The summed E-state index contributed by atoms with van der Waals surface area (Å²) in [6.45, 7) is 4.23. The molecule has 5 nitrogen and oxygen atoms in total. The summed E-state index contributed by atoms with van der Waals surface area (Å²) in [5.41, 5.74) is -0.296. The Morgan fingerprint density at radius 2 is 2.05 bits per heavy atom. The van der Waals surface area contributed by atoms with Gasteiger partial charge in [0.1, 0.15) is 5.60 Å². The predicted molar refractivity (Wildman–Crippen MR) is 75.5 cm³/mol. The molecule has 2 aliphatic rings. The highest BCUT2D eigenvalue weighted by Crippen LogP contribution is 2.41. The van der Waals surface area contributed by atoms with E-state index >= 15 is 0 Å². The minimum absolute atomic E-state index is 0.0109. The lowest BCUT2D eigenvalue weighted by atomic mass is 9.78. The third kappa shape index (κ3) is 2.17. The zero-order valence-corrected chi connectivity index (χ0v) is 12.6. The van der Waals surface area contributed by atoms with Crippen LogP contribution in [-0.2, 0) is 15.8 Å². The van der Waals surface area contributed by atoms with E-state index in [-0.39, 0.29) is 11.0 Å². The summed E-state index contributed by atoms with van der Waals surface area (Å²) in [6.07, 6.45) is 7.68. The number of nitrogens with one attached hydrogen (secondary N) is 1. The Balaban J connectivity index is 1.89. The van der Waals surface area contributed by atoms with Gasteiger partial charge in [0.05, 0.1) is 5.41 Å². The Hall–Kier alpha value is -0.940. The molecule has 1 atom stereocenters. The Morgan fingerprint density at radius 1 is 1.25 bits per heavy atom. The van der Waals surface area contributed by atoms with E-state index in [4.69, 9.17) is 14.2 Å². The van der Waals surface area contributed by atoms with Crippen molar-refractivity contribution in [2.24, 2.45) is 0 Å². The van der Waals surface area contributed by atoms with Crippen molar-refractivity contribution in [1.82, 2.24) is 15.5 Å². The zero-order valence-electron chi connectivity index (χ0n) is 12.6. The Labute approximate surface area is 120 Å². The molecule has 0 radical (unpaired) electrons. The highest BCUT2D eigenvalue weighted by atomic mass is 16.5. The van der Waals surface area contributed by atoms with Gasteiger partial charge in [-0.1, -0.05) is 12.1 Å². The summed E-state index contributed by atoms with van der Waals surface area (Å²) in [6, 6.07) is 0. The van der Waals surface area contributed by atoms with Crippen LogP contribution in [0.4, 0.5) is 0 Å². The SMILES string of the molecule is CCC1(c2nc(C3(OC)CCCC3)no2)CCCNC1. The molecule has 0 amide bonds. The van der Waals surface area contributed by atoms with Gasteiger partial charge in [-0.25, -0.2) is 0 Å². The number of hydrogen-bond donors (Lipinski definition) is 1. The highest BCUT2D eigenvalue weighted by Gasteiger charge is 2.43. The van der Waals surface area contributed by atoms with Gasteiger partial charge >= 0.3 is 0 Å². The van der Waals surface area contributed by atoms with E-state index in [2.05, 4.69) is 17.4 Å². The Morgan fingerprint density at radius 3 is 2.65 bits per heavy atom. The maximum absolute atomic E-state index is 5.75. The molecular formula is C15H25N3O2. The van der Waals surface area contributed by atoms with Crippen LogP contribution in [0.3, 0.4) is 0 Å². The smallest absolute Gasteiger partial charge is 0.234 e. The van der Waals surface area contributed by atoms with Crippen molar-refractivity contribution in [3.05, 3.63) is 11.7 Å². The van der Waals surface area contributed by atoms with E-state index < -0.39 is 0 Å². The van der Waals surface area contributed by atoms with Gasteiger partial charge in [0.2, 0.25) is 11.7 Å². The van der Waals surface area contributed by atoms with E-state index in [1.54, 1.807) is 7.11 Å². The van der Waals surface area contributed by atoms with Crippen LogP contribution in [0.2, 0.25) is 0 Å². The molecule has 1 aromatic heterocycles. The minimum Gasteiger partial charge on any atom is -0.370 e. The summed E-state index contributed by atoms with van der Waals surface area (Å²) in [4.78, 5) is 4.76. The summed E-state index contributed by atoms with van der Waals surface area (Å²) < 4.78 is 11.4. The molecule has 2 fully saturated rings. The van der Waals surface area contributed by atoms with Crippen LogP contribution in [0.5, 0.6) is 0 Å². The van der Waals surface area contributed by atoms with Crippen LogP contribution in [-0.4, -0.2) is 30.3 Å². The van der Waals surface area contributed by atoms with Gasteiger partial charge in [-0.15, -0.1) is 0 Å². The fourth-order valence-corrected chi connectivity index (χ4v) is 3.69. The van der Waals surface area contributed by atoms with Gasteiger partial charge in [-0.2, -0.15) is 4.98 Å². The molecule has 1 aliphatic heterocycles. The van der Waals surface area contributed by atoms with Gasteiger partial charge in [-0.05, 0) is 51.5 Å². The van der Waals surface area contributed by atoms with Crippen molar-refractivity contribution in [1.29, 1.82) is 0 Å². The standard InChI is InChI=1S/C15H25N3O2/c1-3-14(7-6-10-16-11-14)13-17-12(18-20-13)15(19-2)8-4-5-9-15/h16H,3-11H2,1-2H3. The first-order valence-electron chi connectivity index (χ1n) is 7.85. The number of methoxy groups -OCH3 is 1. The first-order chi connectivity index (χ1) is 9.75. The number of piperidine rings is 1. The van der Waals surface area contributed by atoms with E-state index in [0.717, 1.165) is 50.5 Å². The maximum Gasteiger partial charge on any atom is 0.234 e. The maximum atomic E-state index is 5.75. The largest absolute Gasteiger partial charge is 0.370 e. The van der Waals surface area contributed by atoms with E-state index in [9.17, 15) is 0 Å². The molecule has 1 saturated heterocycles. The summed E-state index contributed by atoms with van der Waals surface area (Å²) in [5.74, 6) is 1.55. The molecule has 5 heteroatoms. The zero-order chi connectivity index (χ0) is 14.1. The third-order valence-electron chi connectivity index (χ3n) is 5.24. The van der Waals surface area contributed by atoms with E-state index in [0.29, 0.717) is 0 Å². The number of hydrogen-bond acceptors (Lipinski definition) is 5.